The van der Waals surface area contributed by atoms with Crippen LogP contribution in [0.1, 0.15) is 84.9 Å². The van der Waals surface area contributed by atoms with E-state index < -0.39 is 0 Å². The number of allylic oxidation sites excluding steroid dienone is 2. The van der Waals surface area contributed by atoms with E-state index in [-0.39, 0.29) is 19.8 Å². The van der Waals surface area contributed by atoms with E-state index in [0.29, 0.717) is 12.2 Å². The van der Waals surface area contributed by atoms with Gasteiger partial charge in [0.25, 0.3) is 6.47 Å². The molecule has 0 bridgehead atoms. The first-order valence-corrected chi connectivity index (χ1v) is 14.6. The minimum Gasteiger partial charge on any atom is -0.491 e. The largest absolute Gasteiger partial charge is 0.491 e. The highest BCUT2D eigenvalue weighted by molar-refractivity contribution is 5.75. The molecule has 0 aromatic heterocycles. The highest BCUT2D eigenvalue weighted by Gasteiger charge is 2.10. The van der Waals surface area contributed by atoms with Gasteiger partial charge in [0.2, 0.25) is 0 Å². The van der Waals surface area contributed by atoms with E-state index in [1.165, 1.54) is 28.7 Å². The Hall–Kier alpha value is -3.63. The van der Waals surface area contributed by atoms with Crippen molar-refractivity contribution in [2.45, 2.75) is 81.8 Å². The molecule has 1 N–H and O–H groups in total. The molecule has 41 heavy (non-hydrogen) atoms. The zero-order valence-electron chi connectivity index (χ0n) is 26.8. The molecule has 0 unspecified atom stereocenters. The fraction of sp³-hybridized carbons (Fsp3) is 0.378. The molecule has 0 aliphatic rings. The van der Waals surface area contributed by atoms with Crippen molar-refractivity contribution in [3.8, 4) is 28.0 Å². The van der Waals surface area contributed by atoms with E-state index in [9.17, 15) is 4.79 Å². The lowest BCUT2D eigenvalue weighted by Crippen LogP contribution is -2.01. The predicted molar refractivity (Wildman–Crippen MR) is 177 cm³/mol. The smallest absolute Gasteiger partial charge is 0.293 e. The van der Waals surface area contributed by atoms with Gasteiger partial charge in [-0.1, -0.05) is 101 Å². The van der Waals surface area contributed by atoms with Crippen molar-refractivity contribution in [3.05, 3.63) is 95.1 Å². The van der Waals surface area contributed by atoms with Crippen LogP contribution in [-0.2, 0) is 16.1 Å². The van der Waals surface area contributed by atoms with E-state index in [1.54, 1.807) is 0 Å². The summed E-state index contributed by atoms with van der Waals surface area (Å²) in [5, 5.41) is 8.91. The molecule has 3 aromatic carbocycles. The Morgan fingerprint density at radius 1 is 0.878 bits per heavy atom. The first-order chi connectivity index (χ1) is 19.7. The molecule has 4 nitrogen and oxygen atoms in total. The molecular formula is C37H52O4. The van der Waals surface area contributed by atoms with Crippen LogP contribution in [0.5, 0.6) is 5.75 Å². The summed E-state index contributed by atoms with van der Waals surface area (Å²) in [5.74, 6) is 0.702. The van der Waals surface area contributed by atoms with Crippen LogP contribution in [0.3, 0.4) is 0 Å². The highest BCUT2D eigenvalue weighted by atomic mass is 16.5. The Kier molecular flexibility index (Phi) is 20.1. The van der Waals surface area contributed by atoms with Crippen molar-refractivity contribution in [1.29, 1.82) is 0 Å². The highest BCUT2D eigenvalue weighted by Crippen LogP contribution is 2.32. The van der Waals surface area contributed by atoms with Crippen molar-refractivity contribution in [3.63, 3.8) is 0 Å². The van der Waals surface area contributed by atoms with Gasteiger partial charge in [0.15, 0.2) is 0 Å². The summed E-state index contributed by atoms with van der Waals surface area (Å²) in [4.78, 5) is 10.9. The Morgan fingerprint density at radius 3 is 1.93 bits per heavy atom. The summed E-state index contributed by atoms with van der Waals surface area (Å²) in [7, 11) is 0. The van der Waals surface area contributed by atoms with Gasteiger partial charge >= 0.3 is 0 Å². The maximum atomic E-state index is 10.9. The average Bonchev–Trinajstić information content (AvgIpc) is 2.97. The number of benzene rings is 3. The molecule has 0 aliphatic carbocycles. The molecule has 0 radical (unpaired) electrons. The molecule has 0 saturated heterocycles. The van der Waals surface area contributed by atoms with Gasteiger partial charge in [-0.3, -0.25) is 4.79 Å². The van der Waals surface area contributed by atoms with Crippen LogP contribution in [0.15, 0.2) is 78.4 Å². The molecule has 224 valence electrons. The normalized spacial score (nSPS) is 10.0. The van der Waals surface area contributed by atoms with Crippen molar-refractivity contribution >= 4 is 12.5 Å². The molecule has 0 saturated carbocycles. The summed E-state index contributed by atoms with van der Waals surface area (Å²) in [6.45, 7) is 23.1. The molecule has 4 heteroatoms. The minimum absolute atomic E-state index is 0.0225. The van der Waals surface area contributed by atoms with Gasteiger partial charge in [0, 0.05) is 0 Å². The Morgan fingerprint density at radius 2 is 1.41 bits per heavy atom. The second kappa shape index (κ2) is 22.1. The molecule has 3 aromatic rings. The third-order valence-electron chi connectivity index (χ3n) is 5.50. The Labute approximate surface area is 249 Å². The summed E-state index contributed by atoms with van der Waals surface area (Å²) >= 11 is 0. The summed E-state index contributed by atoms with van der Waals surface area (Å²) in [6, 6.07) is 20.4. The van der Waals surface area contributed by atoms with E-state index in [0.717, 1.165) is 34.2 Å². The van der Waals surface area contributed by atoms with Gasteiger partial charge in [-0.15, -0.1) is 6.58 Å². The first kappa shape index (κ1) is 37.4. The number of aliphatic hydroxyl groups excluding tert-OH is 1. The number of aryl methyl sites for hydroxylation is 1. The SMILES string of the molecule is C=C(C)C.CC.CC/C(C)=C/c1ccc(-c2ccc(-c3ccc(OCCO)cc3)c(COC=O)c2)cc1C.CCC. The standard InChI is InChI=1S/C28H30O4.C4H8.C3H8.C2H6/c1-4-20(2)15-23-5-6-24(16-21(23)3)25-9-12-28(26(17-25)18-31-19-30)22-7-10-27(11-8-22)32-14-13-29;1-4(2)3;1-3-2;1-2/h5-12,15-17,19,29H,4,13-14,18H2,1-3H3;1H2,2-3H3;3H2,1-2H3;1-2H3/b20-15+;;;. The summed E-state index contributed by atoms with van der Waals surface area (Å²) in [6.07, 6.45) is 4.52. The van der Waals surface area contributed by atoms with Crippen LogP contribution < -0.4 is 4.74 Å². The molecular weight excluding hydrogens is 508 g/mol. The van der Waals surface area contributed by atoms with Crippen LogP contribution in [0.25, 0.3) is 28.3 Å². The van der Waals surface area contributed by atoms with E-state index in [2.05, 4.69) is 83.7 Å². The van der Waals surface area contributed by atoms with Gasteiger partial charge < -0.3 is 14.6 Å². The molecule has 0 spiro atoms. The van der Waals surface area contributed by atoms with Gasteiger partial charge in [0.1, 0.15) is 19.0 Å². The maximum absolute atomic E-state index is 10.9. The Bertz CT molecular complexity index is 1190. The first-order valence-electron chi connectivity index (χ1n) is 14.6. The molecule has 0 atom stereocenters. The van der Waals surface area contributed by atoms with Crippen molar-refractivity contribution in [1.82, 2.24) is 0 Å². The van der Waals surface area contributed by atoms with Crippen LogP contribution in [0, 0.1) is 6.92 Å². The number of aliphatic hydroxyl groups is 1. The lowest BCUT2D eigenvalue weighted by molar-refractivity contribution is -0.129. The predicted octanol–water partition coefficient (Wildman–Crippen LogP) is 10.2. The molecule has 0 aliphatic heterocycles. The maximum Gasteiger partial charge on any atom is 0.293 e. The van der Waals surface area contributed by atoms with E-state index in [4.69, 9.17) is 14.6 Å². The molecule has 3 rings (SSSR count). The lowest BCUT2D eigenvalue weighted by Gasteiger charge is -2.14. The average molecular weight is 561 g/mol. The summed E-state index contributed by atoms with van der Waals surface area (Å²) < 4.78 is 10.6. The van der Waals surface area contributed by atoms with Gasteiger partial charge in [-0.05, 0) is 91.3 Å². The van der Waals surface area contributed by atoms with E-state index >= 15 is 0 Å². The summed E-state index contributed by atoms with van der Waals surface area (Å²) in [5.41, 5.74) is 10.1. The fourth-order valence-electron chi connectivity index (χ4n) is 3.58. The molecule has 0 fully saturated rings. The van der Waals surface area contributed by atoms with Gasteiger partial charge in [-0.2, -0.15) is 0 Å². The third-order valence-corrected chi connectivity index (χ3v) is 5.50. The van der Waals surface area contributed by atoms with Gasteiger partial charge in [-0.25, -0.2) is 0 Å². The molecule has 0 heterocycles. The Balaban J connectivity index is 0.00000157. The third kappa shape index (κ3) is 14.5. The van der Waals surface area contributed by atoms with E-state index in [1.807, 2.05) is 52.0 Å². The lowest BCUT2D eigenvalue weighted by atomic mass is 9.93. The van der Waals surface area contributed by atoms with Gasteiger partial charge in [0.05, 0.1) is 6.61 Å². The van der Waals surface area contributed by atoms with Crippen LogP contribution in [-0.4, -0.2) is 24.8 Å². The second-order valence-electron chi connectivity index (χ2n) is 9.71. The zero-order valence-corrected chi connectivity index (χ0v) is 26.8. The number of carbonyl (C=O) groups excluding carboxylic acids is 1. The van der Waals surface area contributed by atoms with Crippen LogP contribution >= 0.6 is 0 Å². The van der Waals surface area contributed by atoms with Crippen LogP contribution in [0.2, 0.25) is 0 Å². The monoisotopic (exact) mass is 560 g/mol. The van der Waals surface area contributed by atoms with Crippen molar-refractivity contribution < 1.29 is 19.4 Å². The molecule has 0 amide bonds. The second-order valence-corrected chi connectivity index (χ2v) is 9.71. The van der Waals surface area contributed by atoms with Crippen molar-refractivity contribution in [2.24, 2.45) is 0 Å². The zero-order chi connectivity index (χ0) is 31.2. The van der Waals surface area contributed by atoms with Crippen molar-refractivity contribution in [2.75, 3.05) is 13.2 Å². The number of rotatable bonds is 10. The number of hydrogen-bond acceptors (Lipinski definition) is 4. The minimum atomic E-state index is -0.0225. The van der Waals surface area contributed by atoms with Crippen LogP contribution in [0.4, 0.5) is 0 Å². The fourth-order valence-corrected chi connectivity index (χ4v) is 3.58. The number of hydrogen-bond donors (Lipinski definition) is 1. The number of carbonyl (C=O) groups is 1. The quantitative estimate of drug-likeness (QED) is 0.198. The number of ether oxygens (including phenoxy) is 2. The topological polar surface area (TPSA) is 55.8 Å².